The van der Waals surface area contributed by atoms with Crippen LogP contribution < -0.4 is 0 Å². The van der Waals surface area contributed by atoms with Crippen LogP contribution in [0.2, 0.25) is 0 Å². The molecule has 1 atom stereocenters. The van der Waals surface area contributed by atoms with Gasteiger partial charge in [-0.25, -0.2) is 0 Å². The Morgan fingerprint density at radius 1 is 1.29 bits per heavy atom. The van der Waals surface area contributed by atoms with Crippen LogP contribution >= 0.6 is 0 Å². The standard InChI is InChI=1S/C15H26O2/c1-2-15(10-3-4-11-15)14(16)9-5-7-13-8-6-12-17-13/h13H,2-12H2,1H3. The van der Waals surface area contributed by atoms with E-state index >= 15 is 0 Å². The van der Waals surface area contributed by atoms with Gasteiger partial charge >= 0.3 is 0 Å². The molecule has 0 aromatic heterocycles. The molecule has 0 radical (unpaired) electrons. The maximum atomic E-state index is 12.3. The van der Waals surface area contributed by atoms with E-state index in [-0.39, 0.29) is 5.41 Å². The van der Waals surface area contributed by atoms with Gasteiger partial charge < -0.3 is 4.74 Å². The van der Waals surface area contributed by atoms with Crippen LogP contribution in [0.1, 0.15) is 71.1 Å². The summed E-state index contributed by atoms with van der Waals surface area (Å²) in [5.74, 6) is 0.537. The van der Waals surface area contributed by atoms with Crippen LogP contribution in [0.15, 0.2) is 0 Å². The summed E-state index contributed by atoms with van der Waals surface area (Å²) in [7, 11) is 0. The van der Waals surface area contributed by atoms with Crippen molar-refractivity contribution >= 4 is 5.78 Å². The highest BCUT2D eigenvalue weighted by atomic mass is 16.5. The van der Waals surface area contributed by atoms with Crippen molar-refractivity contribution < 1.29 is 9.53 Å². The summed E-state index contributed by atoms with van der Waals surface area (Å²) in [6.07, 6.45) is 11.6. The predicted molar refractivity (Wildman–Crippen MR) is 69.0 cm³/mol. The van der Waals surface area contributed by atoms with Gasteiger partial charge in [0.2, 0.25) is 0 Å². The third-order valence-corrected chi connectivity index (χ3v) is 4.78. The first-order valence-corrected chi connectivity index (χ1v) is 7.42. The molecule has 2 nitrogen and oxygen atoms in total. The average Bonchev–Trinajstić information content (AvgIpc) is 3.00. The average molecular weight is 238 g/mol. The lowest BCUT2D eigenvalue weighted by Crippen LogP contribution is -2.27. The number of rotatable bonds is 6. The minimum Gasteiger partial charge on any atom is -0.378 e. The molecule has 1 aliphatic carbocycles. The van der Waals surface area contributed by atoms with Crippen LogP contribution in [0.4, 0.5) is 0 Å². The molecule has 0 aromatic rings. The normalized spacial score (nSPS) is 27.5. The third kappa shape index (κ3) is 3.09. The van der Waals surface area contributed by atoms with Crippen LogP contribution in [0, 0.1) is 5.41 Å². The molecule has 2 aliphatic rings. The molecule has 2 fully saturated rings. The first-order valence-electron chi connectivity index (χ1n) is 7.42. The van der Waals surface area contributed by atoms with E-state index in [1.54, 1.807) is 0 Å². The van der Waals surface area contributed by atoms with Crippen molar-refractivity contribution in [1.82, 2.24) is 0 Å². The molecule has 1 unspecified atom stereocenters. The molecular formula is C15H26O2. The second-order valence-electron chi connectivity index (χ2n) is 5.79. The first-order chi connectivity index (χ1) is 8.27. The van der Waals surface area contributed by atoms with E-state index in [2.05, 4.69) is 6.92 Å². The van der Waals surface area contributed by atoms with Crippen molar-refractivity contribution in [2.24, 2.45) is 5.41 Å². The van der Waals surface area contributed by atoms with E-state index in [0.717, 1.165) is 45.1 Å². The summed E-state index contributed by atoms with van der Waals surface area (Å²) < 4.78 is 5.60. The van der Waals surface area contributed by atoms with Gasteiger partial charge in [-0.3, -0.25) is 4.79 Å². The summed E-state index contributed by atoms with van der Waals surface area (Å²) in [6, 6.07) is 0. The molecule has 1 heterocycles. The molecular weight excluding hydrogens is 212 g/mol. The van der Waals surface area contributed by atoms with Gasteiger partial charge in [0.05, 0.1) is 6.10 Å². The Labute approximate surface area is 105 Å². The molecule has 98 valence electrons. The summed E-state index contributed by atoms with van der Waals surface area (Å²) in [6.45, 7) is 3.11. The zero-order chi connectivity index (χ0) is 12.1. The number of hydrogen-bond acceptors (Lipinski definition) is 2. The largest absolute Gasteiger partial charge is 0.378 e. The van der Waals surface area contributed by atoms with Crippen molar-refractivity contribution in [2.75, 3.05) is 6.61 Å². The SMILES string of the molecule is CCC1(C(=O)CCCC2CCCO2)CCCC1. The lowest BCUT2D eigenvalue weighted by molar-refractivity contribution is -0.129. The lowest BCUT2D eigenvalue weighted by atomic mass is 9.77. The third-order valence-electron chi connectivity index (χ3n) is 4.78. The fraction of sp³-hybridized carbons (Fsp3) is 0.933. The van der Waals surface area contributed by atoms with Crippen LogP contribution in [0.3, 0.4) is 0 Å². The Morgan fingerprint density at radius 2 is 2.06 bits per heavy atom. The topological polar surface area (TPSA) is 26.3 Å². The number of ether oxygens (including phenoxy) is 1. The maximum absolute atomic E-state index is 12.3. The van der Waals surface area contributed by atoms with Gasteiger partial charge in [0.15, 0.2) is 0 Å². The van der Waals surface area contributed by atoms with Crippen molar-refractivity contribution in [3.05, 3.63) is 0 Å². The van der Waals surface area contributed by atoms with Gasteiger partial charge in [-0.15, -0.1) is 0 Å². The minimum absolute atomic E-state index is 0.0660. The fourth-order valence-corrected chi connectivity index (χ4v) is 3.51. The second kappa shape index (κ2) is 5.99. The van der Waals surface area contributed by atoms with Gasteiger partial charge in [0, 0.05) is 18.4 Å². The predicted octanol–water partition coefficient (Wildman–Crippen LogP) is 3.88. The summed E-state index contributed by atoms with van der Waals surface area (Å²) in [5, 5.41) is 0. The Morgan fingerprint density at radius 3 is 2.65 bits per heavy atom. The molecule has 0 N–H and O–H groups in total. The van der Waals surface area contributed by atoms with Crippen LogP contribution in [0.5, 0.6) is 0 Å². The minimum atomic E-state index is 0.0660. The Balaban J connectivity index is 1.72. The number of carbonyl (C=O) groups is 1. The van der Waals surface area contributed by atoms with Gasteiger partial charge in [-0.1, -0.05) is 19.8 Å². The highest BCUT2D eigenvalue weighted by Gasteiger charge is 2.38. The number of hydrogen-bond donors (Lipinski definition) is 0. The van der Waals surface area contributed by atoms with Crippen molar-refractivity contribution in [3.8, 4) is 0 Å². The molecule has 0 spiro atoms. The number of carbonyl (C=O) groups excluding carboxylic acids is 1. The molecule has 17 heavy (non-hydrogen) atoms. The first kappa shape index (κ1) is 13.1. The van der Waals surface area contributed by atoms with E-state index in [4.69, 9.17) is 4.74 Å². The van der Waals surface area contributed by atoms with Crippen molar-refractivity contribution in [1.29, 1.82) is 0 Å². The molecule has 1 saturated carbocycles. The van der Waals surface area contributed by atoms with E-state index in [1.165, 1.54) is 25.7 Å². The highest BCUT2D eigenvalue weighted by Crippen LogP contribution is 2.42. The summed E-state index contributed by atoms with van der Waals surface area (Å²) in [4.78, 5) is 12.3. The molecule has 1 aliphatic heterocycles. The highest BCUT2D eigenvalue weighted by molar-refractivity contribution is 5.85. The van der Waals surface area contributed by atoms with Crippen LogP contribution in [-0.2, 0) is 9.53 Å². The Hall–Kier alpha value is -0.370. The Bertz CT molecular complexity index is 248. The second-order valence-corrected chi connectivity index (χ2v) is 5.79. The van der Waals surface area contributed by atoms with Gasteiger partial charge in [-0.2, -0.15) is 0 Å². The van der Waals surface area contributed by atoms with Gasteiger partial charge in [0.25, 0.3) is 0 Å². The molecule has 0 amide bonds. The van der Waals surface area contributed by atoms with E-state index in [1.807, 2.05) is 0 Å². The van der Waals surface area contributed by atoms with Crippen LogP contribution in [-0.4, -0.2) is 18.5 Å². The summed E-state index contributed by atoms with van der Waals surface area (Å²) in [5.41, 5.74) is 0.0660. The number of Topliss-reactive ketones (excluding diaryl/α,β-unsaturated/α-hetero) is 1. The van der Waals surface area contributed by atoms with Crippen LogP contribution in [0.25, 0.3) is 0 Å². The molecule has 0 bridgehead atoms. The smallest absolute Gasteiger partial charge is 0.139 e. The van der Waals surface area contributed by atoms with Crippen molar-refractivity contribution in [2.45, 2.75) is 77.2 Å². The quantitative estimate of drug-likeness (QED) is 0.702. The maximum Gasteiger partial charge on any atom is 0.139 e. The molecule has 2 heteroatoms. The van der Waals surface area contributed by atoms with E-state index in [9.17, 15) is 4.79 Å². The molecule has 2 rings (SSSR count). The van der Waals surface area contributed by atoms with Crippen molar-refractivity contribution in [3.63, 3.8) is 0 Å². The lowest BCUT2D eigenvalue weighted by Gasteiger charge is -2.25. The Kier molecular flexibility index (Phi) is 4.61. The fourth-order valence-electron chi connectivity index (χ4n) is 3.51. The zero-order valence-corrected chi connectivity index (χ0v) is 11.2. The van der Waals surface area contributed by atoms with E-state index < -0.39 is 0 Å². The molecule has 1 saturated heterocycles. The molecule has 0 aromatic carbocycles. The number of ketones is 1. The van der Waals surface area contributed by atoms with Gasteiger partial charge in [-0.05, 0) is 44.9 Å². The van der Waals surface area contributed by atoms with Gasteiger partial charge in [0.1, 0.15) is 5.78 Å². The zero-order valence-electron chi connectivity index (χ0n) is 11.2. The monoisotopic (exact) mass is 238 g/mol. The van der Waals surface area contributed by atoms with E-state index in [0.29, 0.717) is 11.9 Å². The summed E-state index contributed by atoms with van der Waals surface area (Å²) >= 11 is 0.